The minimum atomic E-state index is 0. The molecule has 0 bridgehead atoms. The molecule has 116 valence electrons. The third-order valence-corrected chi connectivity index (χ3v) is 5.44. The van der Waals surface area contributed by atoms with Crippen molar-refractivity contribution >= 4 is 34.2 Å². The van der Waals surface area contributed by atoms with Crippen LogP contribution < -0.4 is 11.1 Å². The molecule has 3 rings (SSSR count). The molecule has 1 aromatic carbocycles. The average Bonchev–Trinajstić information content (AvgIpc) is 3.10. The van der Waals surface area contributed by atoms with Gasteiger partial charge in [-0.15, -0.1) is 12.4 Å². The van der Waals surface area contributed by atoms with Crippen LogP contribution in [0.5, 0.6) is 0 Å². The molecule has 0 saturated heterocycles. The molecule has 5 heteroatoms. The maximum Gasteiger partial charge on any atom is 0.223 e. The van der Waals surface area contributed by atoms with E-state index in [1.807, 2.05) is 6.07 Å². The first-order valence-corrected chi connectivity index (χ1v) is 8.18. The fraction of sp³-hybridized carbons (Fsp3) is 0.562. The lowest BCUT2D eigenvalue weighted by Gasteiger charge is -2.19. The molecule has 2 fully saturated rings. The van der Waals surface area contributed by atoms with Crippen molar-refractivity contribution in [1.82, 2.24) is 5.32 Å². The molecule has 3 N–H and O–H groups in total. The van der Waals surface area contributed by atoms with Crippen LogP contribution in [0.2, 0.25) is 0 Å². The normalized spacial score (nSPS) is 26.0. The molecule has 0 aromatic heterocycles. The SMILES string of the molecule is Cl.NC1CCC(C(=O)NCC2(c3ccccc3Br)CC2)C1. The molecule has 0 aliphatic heterocycles. The van der Waals surface area contributed by atoms with Crippen molar-refractivity contribution in [3.63, 3.8) is 0 Å². The van der Waals surface area contributed by atoms with E-state index in [9.17, 15) is 4.79 Å². The Kier molecular flexibility index (Phi) is 5.33. The molecule has 2 atom stereocenters. The maximum absolute atomic E-state index is 12.2. The van der Waals surface area contributed by atoms with Crippen LogP contribution in [0.25, 0.3) is 0 Å². The van der Waals surface area contributed by atoms with Crippen molar-refractivity contribution in [2.24, 2.45) is 11.7 Å². The second-order valence-electron chi connectivity index (χ2n) is 6.25. The monoisotopic (exact) mass is 372 g/mol. The zero-order valence-electron chi connectivity index (χ0n) is 12.0. The predicted molar refractivity (Wildman–Crippen MR) is 90.6 cm³/mol. The van der Waals surface area contributed by atoms with Gasteiger partial charge in [0.15, 0.2) is 0 Å². The van der Waals surface area contributed by atoms with E-state index < -0.39 is 0 Å². The molecule has 2 aliphatic rings. The summed E-state index contributed by atoms with van der Waals surface area (Å²) in [6, 6.07) is 8.55. The van der Waals surface area contributed by atoms with E-state index in [1.165, 1.54) is 5.56 Å². The van der Waals surface area contributed by atoms with Crippen LogP contribution in [0.3, 0.4) is 0 Å². The first-order chi connectivity index (χ1) is 9.61. The Balaban J connectivity index is 0.00000161. The zero-order chi connectivity index (χ0) is 14.2. The molecule has 3 nitrogen and oxygen atoms in total. The highest BCUT2D eigenvalue weighted by molar-refractivity contribution is 9.10. The number of amides is 1. The van der Waals surface area contributed by atoms with Crippen LogP contribution in [0.1, 0.15) is 37.7 Å². The van der Waals surface area contributed by atoms with E-state index in [0.717, 1.165) is 43.1 Å². The summed E-state index contributed by atoms with van der Waals surface area (Å²) in [6.45, 7) is 0.750. The summed E-state index contributed by atoms with van der Waals surface area (Å²) in [4.78, 5) is 12.2. The number of nitrogens with one attached hydrogen (secondary N) is 1. The summed E-state index contributed by atoms with van der Waals surface area (Å²) in [5.41, 5.74) is 7.35. The third-order valence-electron chi connectivity index (χ3n) is 4.74. The molecular formula is C16H22BrClN2O. The van der Waals surface area contributed by atoms with E-state index in [2.05, 4.69) is 39.4 Å². The minimum Gasteiger partial charge on any atom is -0.355 e. The van der Waals surface area contributed by atoms with E-state index in [4.69, 9.17) is 5.73 Å². The number of halogens is 2. The van der Waals surface area contributed by atoms with Gasteiger partial charge in [-0.1, -0.05) is 34.1 Å². The Hall–Kier alpha value is -0.580. The number of nitrogens with two attached hydrogens (primary N) is 1. The van der Waals surface area contributed by atoms with Crippen molar-refractivity contribution in [3.8, 4) is 0 Å². The first-order valence-electron chi connectivity index (χ1n) is 7.39. The van der Waals surface area contributed by atoms with Gasteiger partial charge in [-0.25, -0.2) is 0 Å². The molecule has 0 heterocycles. The number of carbonyl (C=O) groups excluding carboxylic acids is 1. The Bertz CT molecular complexity index is 519. The highest BCUT2D eigenvalue weighted by atomic mass is 79.9. The molecule has 2 aliphatic carbocycles. The molecule has 1 aromatic rings. The van der Waals surface area contributed by atoms with Crippen LogP contribution >= 0.6 is 28.3 Å². The second kappa shape index (κ2) is 6.67. The molecule has 2 unspecified atom stereocenters. The van der Waals surface area contributed by atoms with E-state index in [-0.39, 0.29) is 35.7 Å². The first kappa shape index (κ1) is 16.8. The van der Waals surface area contributed by atoms with Gasteiger partial charge in [0.05, 0.1) is 0 Å². The molecule has 0 radical (unpaired) electrons. The third kappa shape index (κ3) is 3.61. The Morgan fingerprint density at radius 1 is 1.33 bits per heavy atom. The molecule has 0 spiro atoms. The van der Waals surface area contributed by atoms with Crippen molar-refractivity contribution < 1.29 is 4.79 Å². The Labute approximate surface area is 140 Å². The Morgan fingerprint density at radius 2 is 2.05 bits per heavy atom. The van der Waals surface area contributed by atoms with Gasteiger partial charge in [0, 0.05) is 28.4 Å². The maximum atomic E-state index is 12.2. The van der Waals surface area contributed by atoms with Crippen LogP contribution in [0, 0.1) is 5.92 Å². The van der Waals surface area contributed by atoms with Gasteiger partial charge in [0.1, 0.15) is 0 Å². The predicted octanol–water partition coefficient (Wildman–Crippen LogP) is 3.15. The van der Waals surface area contributed by atoms with Crippen molar-refractivity contribution in [2.75, 3.05) is 6.54 Å². The summed E-state index contributed by atoms with van der Waals surface area (Å²) >= 11 is 3.62. The quantitative estimate of drug-likeness (QED) is 0.852. The average molecular weight is 374 g/mol. The van der Waals surface area contributed by atoms with E-state index in [1.54, 1.807) is 0 Å². The standard InChI is InChI=1S/C16H21BrN2O.ClH/c17-14-4-2-1-3-13(14)16(7-8-16)10-19-15(20)11-5-6-12(18)9-11;/h1-4,11-12H,5-10,18H2,(H,19,20);1H. The van der Waals surface area contributed by atoms with Gasteiger partial charge < -0.3 is 11.1 Å². The summed E-state index contributed by atoms with van der Waals surface area (Å²) in [7, 11) is 0. The van der Waals surface area contributed by atoms with Crippen LogP contribution in [-0.4, -0.2) is 18.5 Å². The fourth-order valence-electron chi connectivity index (χ4n) is 3.24. The van der Waals surface area contributed by atoms with E-state index >= 15 is 0 Å². The number of benzene rings is 1. The Morgan fingerprint density at radius 3 is 2.62 bits per heavy atom. The lowest BCUT2D eigenvalue weighted by Crippen LogP contribution is -2.36. The summed E-state index contributed by atoms with van der Waals surface area (Å²) in [6.07, 6.45) is 5.07. The zero-order valence-corrected chi connectivity index (χ0v) is 14.4. The van der Waals surface area contributed by atoms with E-state index in [0.29, 0.717) is 0 Å². The second-order valence-corrected chi connectivity index (χ2v) is 7.10. The van der Waals surface area contributed by atoms with Gasteiger partial charge in [-0.3, -0.25) is 4.79 Å². The van der Waals surface area contributed by atoms with Crippen molar-refractivity contribution in [2.45, 2.75) is 43.6 Å². The molecule has 2 saturated carbocycles. The van der Waals surface area contributed by atoms with Crippen LogP contribution in [0.15, 0.2) is 28.7 Å². The summed E-state index contributed by atoms with van der Waals surface area (Å²) < 4.78 is 1.15. The number of rotatable bonds is 4. The summed E-state index contributed by atoms with van der Waals surface area (Å²) in [5, 5.41) is 3.16. The van der Waals surface area contributed by atoms with Gasteiger partial charge >= 0.3 is 0 Å². The topological polar surface area (TPSA) is 55.1 Å². The van der Waals surface area contributed by atoms with Crippen molar-refractivity contribution in [3.05, 3.63) is 34.3 Å². The van der Waals surface area contributed by atoms with Gasteiger partial charge in [-0.05, 0) is 43.7 Å². The van der Waals surface area contributed by atoms with Crippen molar-refractivity contribution in [1.29, 1.82) is 0 Å². The number of carbonyl (C=O) groups is 1. The number of hydrogen-bond acceptors (Lipinski definition) is 2. The molecule has 21 heavy (non-hydrogen) atoms. The largest absolute Gasteiger partial charge is 0.355 e. The lowest BCUT2D eigenvalue weighted by molar-refractivity contribution is -0.124. The number of hydrogen-bond donors (Lipinski definition) is 2. The lowest BCUT2D eigenvalue weighted by atomic mass is 9.95. The molecular weight excluding hydrogens is 352 g/mol. The van der Waals surface area contributed by atoms with Crippen LogP contribution in [-0.2, 0) is 10.2 Å². The van der Waals surface area contributed by atoms with Gasteiger partial charge in [-0.2, -0.15) is 0 Å². The summed E-state index contributed by atoms with van der Waals surface area (Å²) in [5.74, 6) is 0.316. The fourth-order valence-corrected chi connectivity index (χ4v) is 3.94. The highest BCUT2D eigenvalue weighted by Gasteiger charge is 2.45. The van der Waals surface area contributed by atoms with Gasteiger partial charge in [0.2, 0.25) is 5.91 Å². The minimum absolute atomic E-state index is 0. The molecule has 1 amide bonds. The highest BCUT2D eigenvalue weighted by Crippen LogP contribution is 2.50. The smallest absolute Gasteiger partial charge is 0.223 e. The van der Waals surface area contributed by atoms with Gasteiger partial charge in [0.25, 0.3) is 0 Å². The van der Waals surface area contributed by atoms with Crippen LogP contribution in [0.4, 0.5) is 0 Å².